The molecular formula is C27H57P. The predicted octanol–water partition coefficient (Wildman–Crippen LogP) is 10.2. The van der Waals surface area contributed by atoms with Gasteiger partial charge < -0.3 is 0 Å². The molecule has 0 rings (SSSR count). The van der Waals surface area contributed by atoms with Crippen molar-refractivity contribution in [3.63, 3.8) is 0 Å². The molecule has 28 heavy (non-hydrogen) atoms. The molecule has 0 N–H and O–H groups in total. The van der Waals surface area contributed by atoms with Gasteiger partial charge in [0.15, 0.2) is 0 Å². The topological polar surface area (TPSA) is 0 Å². The number of hydrogen-bond acceptors (Lipinski definition) is 0. The average molecular weight is 413 g/mol. The Kier molecular flexibility index (Phi) is 18.5. The molecule has 0 aliphatic carbocycles. The van der Waals surface area contributed by atoms with E-state index in [4.69, 9.17) is 0 Å². The SMILES string of the molecule is CCCCCCCCCCCCCCPC(CC(C)C)(CC(C)C)CC(C)C. The van der Waals surface area contributed by atoms with Crippen molar-refractivity contribution in [3.8, 4) is 0 Å². The zero-order valence-corrected chi connectivity index (χ0v) is 22.0. The molecule has 1 unspecified atom stereocenters. The molecular weight excluding hydrogens is 355 g/mol. The average Bonchev–Trinajstić information content (AvgIpc) is 2.57. The fourth-order valence-corrected chi connectivity index (χ4v) is 7.75. The summed E-state index contributed by atoms with van der Waals surface area (Å²) < 4.78 is 0. The largest absolute Gasteiger partial charge is 0.116 e. The fraction of sp³-hybridized carbons (Fsp3) is 1.00. The van der Waals surface area contributed by atoms with Crippen molar-refractivity contribution >= 4 is 8.58 Å². The Morgan fingerprint density at radius 1 is 0.500 bits per heavy atom. The van der Waals surface area contributed by atoms with Crippen LogP contribution in [0.15, 0.2) is 0 Å². The highest BCUT2D eigenvalue weighted by Gasteiger charge is 2.32. The number of unbranched alkanes of at least 4 members (excludes halogenated alkanes) is 11. The summed E-state index contributed by atoms with van der Waals surface area (Å²) in [5, 5.41) is 0.633. The van der Waals surface area contributed by atoms with Gasteiger partial charge in [0.1, 0.15) is 0 Å². The lowest BCUT2D eigenvalue weighted by Gasteiger charge is -2.39. The second-order valence-corrected chi connectivity index (χ2v) is 12.8. The summed E-state index contributed by atoms with van der Waals surface area (Å²) in [4.78, 5) is 0. The molecule has 0 saturated heterocycles. The maximum atomic E-state index is 2.43. The standard InChI is InChI=1S/C27H57P/c1-8-9-10-11-12-13-14-15-16-17-18-19-20-28-27(21-24(2)3,22-25(4)5)23-26(6)7/h24-26,28H,8-23H2,1-7H3. The molecule has 0 saturated carbocycles. The Hall–Kier alpha value is 0.430. The lowest BCUT2D eigenvalue weighted by Crippen LogP contribution is -2.30. The summed E-state index contributed by atoms with van der Waals surface area (Å²) in [5.74, 6) is 2.52. The molecule has 0 spiro atoms. The van der Waals surface area contributed by atoms with Crippen molar-refractivity contribution < 1.29 is 0 Å². The van der Waals surface area contributed by atoms with Gasteiger partial charge in [-0.1, -0.05) is 119 Å². The van der Waals surface area contributed by atoms with Crippen LogP contribution in [-0.4, -0.2) is 11.3 Å². The van der Waals surface area contributed by atoms with Gasteiger partial charge in [-0.2, -0.15) is 0 Å². The third-order valence-electron chi connectivity index (χ3n) is 5.93. The van der Waals surface area contributed by atoms with Crippen LogP contribution in [0.3, 0.4) is 0 Å². The van der Waals surface area contributed by atoms with E-state index < -0.39 is 0 Å². The van der Waals surface area contributed by atoms with Gasteiger partial charge in [-0.3, -0.25) is 0 Å². The second kappa shape index (κ2) is 18.2. The molecule has 0 aromatic carbocycles. The first-order valence-corrected chi connectivity index (χ1v) is 14.3. The van der Waals surface area contributed by atoms with Gasteiger partial charge in [0, 0.05) is 0 Å². The van der Waals surface area contributed by atoms with Crippen LogP contribution in [0.4, 0.5) is 0 Å². The number of hydrogen-bond donors (Lipinski definition) is 0. The minimum atomic E-state index is 0.633. The quantitative estimate of drug-likeness (QED) is 0.138. The maximum Gasteiger partial charge on any atom is -0.0115 e. The van der Waals surface area contributed by atoms with Gasteiger partial charge in [-0.05, 0) is 54.8 Å². The lowest BCUT2D eigenvalue weighted by molar-refractivity contribution is 0.326. The summed E-state index contributed by atoms with van der Waals surface area (Å²) in [5.41, 5.74) is 0. The highest BCUT2D eigenvalue weighted by Crippen LogP contribution is 2.47. The van der Waals surface area contributed by atoms with Gasteiger partial charge in [0.2, 0.25) is 0 Å². The van der Waals surface area contributed by atoms with Crippen molar-refractivity contribution in [1.29, 1.82) is 0 Å². The van der Waals surface area contributed by atoms with Crippen LogP contribution in [0.25, 0.3) is 0 Å². The van der Waals surface area contributed by atoms with E-state index in [9.17, 15) is 0 Å². The van der Waals surface area contributed by atoms with Crippen LogP contribution in [0.1, 0.15) is 145 Å². The molecule has 0 heterocycles. The van der Waals surface area contributed by atoms with E-state index in [1.54, 1.807) is 0 Å². The van der Waals surface area contributed by atoms with Crippen molar-refractivity contribution in [1.82, 2.24) is 0 Å². The first kappa shape index (κ1) is 28.4. The molecule has 170 valence electrons. The highest BCUT2D eigenvalue weighted by molar-refractivity contribution is 7.40. The first-order valence-electron chi connectivity index (χ1n) is 13.1. The monoisotopic (exact) mass is 412 g/mol. The second-order valence-electron chi connectivity index (χ2n) is 10.9. The molecule has 0 aliphatic heterocycles. The smallest absolute Gasteiger partial charge is 0.0115 e. The summed E-state index contributed by atoms with van der Waals surface area (Å²) >= 11 is 0. The molecule has 0 radical (unpaired) electrons. The van der Waals surface area contributed by atoms with Crippen molar-refractivity contribution in [2.75, 3.05) is 6.16 Å². The lowest BCUT2D eigenvalue weighted by atomic mass is 9.82. The minimum Gasteiger partial charge on any atom is -0.116 e. The van der Waals surface area contributed by atoms with Crippen LogP contribution in [-0.2, 0) is 0 Å². The van der Waals surface area contributed by atoms with Crippen molar-refractivity contribution in [2.24, 2.45) is 17.8 Å². The highest BCUT2D eigenvalue weighted by atomic mass is 31.1. The van der Waals surface area contributed by atoms with Crippen LogP contribution in [0.5, 0.6) is 0 Å². The van der Waals surface area contributed by atoms with Gasteiger partial charge >= 0.3 is 0 Å². The third kappa shape index (κ3) is 17.3. The number of rotatable bonds is 20. The van der Waals surface area contributed by atoms with E-state index >= 15 is 0 Å². The Morgan fingerprint density at radius 2 is 0.821 bits per heavy atom. The van der Waals surface area contributed by atoms with Crippen LogP contribution < -0.4 is 0 Å². The van der Waals surface area contributed by atoms with Gasteiger partial charge in [-0.25, -0.2) is 0 Å². The summed E-state index contributed by atoms with van der Waals surface area (Å²) in [6.07, 6.45) is 23.4. The Labute approximate surface area is 182 Å². The molecule has 1 heteroatoms. The van der Waals surface area contributed by atoms with Gasteiger partial charge in [0.05, 0.1) is 0 Å². The van der Waals surface area contributed by atoms with E-state index in [0.29, 0.717) is 5.16 Å². The predicted molar refractivity (Wildman–Crippen MR) is 135 cm³/mol. The van der Waals surface area contributed by atoms with E-state index in [1.807, 2.05) is 0 Å². The van der Waals surface area contributed by atoms with Gasteiger partial charge in [-0.15, -0.1) is 8.58 Å². The van der Waals surface area contributed by atoms with E-state index in [0.717, 1.165) is 17.8 Å². The van der Waals surface area contributed by atoms with Crippen LogP contribution in [0, 0.1) is 17.8 Å². The summed E-state index contributed by atoms with van der Waals surface area (Å²) in [7, 11) is 1.18. The van der Waals surface area contributed by atoms with Crippen LogP contribution >= 0.6 is 8.58 Å². The minimum absolute atomic E-state index is 0.633. The molecule has 0 aromatic heterocycles. The fourth-order valence-electron chi connectivity index (χ4n) is 5.13. The Bertz CT molecular complexity index is 292. The normalized spacial score (nSPS) is 13.1. The zero-order valence-electron chi connectivity index (χ0n) is 21.0. The van der Waals surface area contributed by atoms with E-state index in [2.05, 4.69) is 48.5 Å². The summed E-state index contributed by atoms with van der Waals surface area (Å²) in [6, 6.07) is 0. The maximum absolute atomic E-state index is 2.43. The molecule has 0 amide bonds. The third-order valence-corrected chi connectivity index (χ3v) is 7.89. The van der Waals surface area contributed by atoms with E-state index in [-0.39, 0.29) is 0 Å². The Morgan fingerprint density at radius 3 is 1.14 bits per heavy atom. The molecule has 0 fully saturated rings. The molecule has 1 atom stereocenters. The molecule has 0 bridgehead atoms. The van der Waals surface area contributed by atoms with E-state index in [1.165, 1.54) is 111 Å². The molecule has 0 aromatic rings. The van der Waals surface area contributed by atoms with Crippen molar-refractivity contribution in [2.45, 2.75) is 150 Å². The van der Waals surface area contributed by atoms with Crippen LogP contribution in [0.2, 0.25) is 0 Å². The first-order chi connectivity index (χ1) is 13.3. The Balaban J connectivity index is 3.94. The van der Waals surface area contributed by atoms with Crippen molar-refractivity contribution in [3.05, 3.63) is 0 Å². The summed E-state index contributed by atoms with van der Waals surface area (Å²) in [6.45, 7) is 16.9. The molecule has 0 nitrogen and oxygen atoms in total. The van der Waals surface area contributed by atoms with Gasteiger partial charge in [0.25, 0.3) is 0 Å². The molecule has 0 aliphatic rings. The zero-order chi connectivity index (χ0) is 21.3.